The number of nitrogens with two attached hydrogens (primary N) is 1. The SMILES string of the molecule is CCCOc1cc(C)nc(OCCCN)n1. The number of hydrogen-bond donors (Lipinski definition) is 1. The lowest BCUT2D eigenvalue weighted by Crippen LogP contribution is -2.08. The van der Waals surface area contributed by atoms with Crippen molar-refractivity contribution in [1.82, 2.24) is 9.97 Å². The molecule has 5 nitrogen and oxygen atoms in total. The Morgan fingerprint density at radius 1 is 1.25 bits per heavy atom. The first kappa shape index (κ1) is 12.7. The van der Waals surface area contributed by atoms with Crippen LogP contribution < -0.4 is 15.2 Å². The minimum absolute atomic E-state index is 0.361. The van der Waals surface area contributed by atoms with Gasteiger partial charge in [-0.2, -0.15) is 4.98 Å². The first-order chi connectivity index (χ1) is 7.76. The van der Waals surface area contributed by atoms with Gasteiger partial charge in [-0.25, -0.2) is 4.98 Å². The summed E-state index contributed by atoms with van der Waals surface area (Å²) in [6.07, 6.45) is 1.74. The Bertz CT molecular complexity index is 318. The molecule has 1 rings (SSSR count). The molecule has 0 saturated carbocycles. The van der Waals surface area contributed by atoms with Gasteiger partial charge in [-0.15, -0.1) is 0 Å². The molecule has 0 bridgehead atoms. The third-order valence-electron chi connectivity index (χ3n) is 1.84. The van der Waals surface area contributed by atoms with Crippen molar-refractivity contribution in [3.8, 4) is 11.9 Å². The minimum atomic E-state index is 0.361. The Labute approximate surface area is 96.0 Å². The summed E-state index contributed by atoms with van der Waals surface area (Å²) in [4.78, 5) is 8.31. The Balaban J connectivity index is 2.58. The zero-order valence-corrected chi connectivity index (χ0v) is 9.90. The van der Waals surface area contributed by atoms with Gasteiger partial charge in [0, 0.05) is 11.8 Å². The van der Waals surface area contributed by atoms with Crippen LogP contribution in [0, 0.1) is 6.92 Å². The fourth-order valence-corrected chi connectivity index (χ4v) is 1.11. The van der Waals surface area contributed by atoms with Gasteiger partial charge in [0.05, 0.1) is 13.2 Å². The van der Waals surface area contributed by atoms with Crippen LogP contribution in [0.4, 0.5) is 0 Å². The average Bonchev–Trinajstić information content (AvgIpc) is 2.26. The van der Waals surface area contributed by atoms with Gasteiger partial charge >= 0.3 is 6.01 Å². The summed E-state index contributed by atoms with van der Waals surface area (Å²) in [5.74, 6) is 0.567. The molecule has 90 valence electrons. The Hall–Kier alpha value is -1.36. The van der Waals surface area contributed by atoms with Crippen molar-refractivity contribution in [3.05, 3.63) is 11.8 Å². The smallest absolute Gasteiger partial charge is 0.319 e. The summed E-state index contributed by atoms with van der Waals surface area (Å²) in [5.41, 5.74) is 6.21. The van der Waals surface area contributed by atoms with Crippen molar-refractivity contribution in [2.24, 2.45) is 5.73 Å². The van der Waals surface area contributed by atoms with Crippen molar-refractivity contribution in [2.45, 2.75) is 26.7 Å². The maximum Gasteiger partial charge on any atom is 0.319 e. The third kappa shape index (κ3) is 4.44. The number of nitrogens with zero attached hydrogens (tertiary/aromatic N) is 2. The zero-order chi connectivity index (χ0) is 11.8. The molecular weight excluding hydrogens is 206 g/mol. The summed E-state index contributed by atoms with van der Waals surface area (Å²) < 4.78 is 10.8. The molecule has 0 amide bonds. The molecule has 1 aromatic rings. The quantitative estimate of drug-likeness (QED) is 0.708. The van der Waals surface area contributed by atoms with Gasteiger partial charge in [0.15, 0.2) is 0 Å². The van der Waals surface area contributed by atoms with E-state index in [9.17, 15) is 0 Å². The minimum Gasteiger partial charge on any atom is -0.478 e. The van der Waals surface area contributed by atoms with Crippen LogP contribution >= 0.6 is 0 Å². The third-order valence-corrected chi connectivity index (χ3v) is 1.84. The van der Waals surface area contributed by atoms with E-state index in [0.29, 0.717) is 31.6 Å². The predicted molar refractivity (Wildman–Crippen MR) is 61.7 cm³/mol. The number of ether oxygens (including phenoxy) is 2. The molecule has 0 unspecified atom stereocenters. The van der Waals surface area contributed by atoms with Crippen LogP contribution in [0.1, 0.15) is 25.5 Å². The van der Waals surface area contributed by atoms with Crippen LogP contribution in [0.5, 0.6) is 11.9 Å². The van der Waals surface area contributed by atoms with Crippen LogP contribution in [0.3, 0.4) is 0 Å². The molecule has 16 heavy (non-hydrogen) atoms. The van der Waals surface area contributed by atoms with Gasteiger partial charge in [0.2, 0.25) is 5.88 Å². The molecule has 0 fully saturated rings. The van der Waals surface area contributed by atoms with Gasteiger partial charge in [-0.1, -0.05) is 6.92 Å². The lowest BCUT2D eigenvalue weighted by atomic mass is 10.4. The van der Waals surface area contributed by atoms with Crippen molar-refractivity contribution in [1.29, 1.82) is 0 Å². The second kappa shape index (κ2) is 7.00. The van der Waals surface area contributed by atoms with Gasteiger partial charge in [0.25, 0.3) is 0 Å². The van der Waals surface area contributed by atoms with Crippen molar-refractivity contribution < 1.29 is 9.47 Å². The number of rotatable bonds is 7. The monoisotopic (exact) mass is 225 g/mol. The summed E-state index contributed by atoms with van der Waals surface area (Å²) in [7, 11) is 0. The van der Waals surface area contributed by atoms with E-state index in [0.717, 1.165) is 18.5 Å². The second-order valence-corrected chi connectivity index (χ2v) is 3.47. The first-order valence-corrected chi connectivity index (χ1v) is 5.57. The maximum absolute atomic E-state index is 5.43. The van der Waals surface area contributed by atoms with E-state index in [-0.39, 0.29) is 0 Å². The van der Waals surface area contributed by atoms with Crippen LogP contribution in [0.15, 0.2) is 6.07 Å². The highest BCUT2D eigenvalue weighted by atomic mass is 16.5. The van der Waals surface area contributed by atoms with E-state index in [1.54, 1.807) is 6.07 Å². The van der Waals surface area contributed by atoms with E-state index >= 15 is 0 Å². The highest BCUT2D eigenvalue weighted by molar-refractivity contribution is 5.17. The molecule has 0 radical (unpaired) electrons. The first-order valence-electron chi connectivity index (χ1n) is 5.57. The fraction of sp³-hybridized carbons (Fsp3) is 0.636. The predicted octanol–water partition coefficient (Wildman–Crippen LogP) is 1.30. The van der Waals surface area contributed by atoms with Gasteiger partial charge in [0.1, 0.15) is 0 Å². The van der Waals surface area contributed by atoms with Gasteiger partial charge in [-0.3, -0.25) is 0 Å². The van der Waals surface area contributed by atoms with E-state index in [1.807, 2.05) is 13.8 Å². The average molecular weight is 225 g/mol. The van der Waals surface area contributed by atoms with Crippen LogP contribution in [-0.4, -0.2) is 29.7 Å². The lowest BCUT2D eigenvalue weighted by Gasteiger charge is -2.07. The van der Waals surface area contributed by atoms with Crippen LogP contribution in [0.25, 0.3) is 0 Å². The fourth-order valence-electron chi connectivity index (χ4n) is 1.11. The molecule has 1 heterocycles. The van der Waals surface area contributed by atoms with Gasteiger partial charge in [-0.05, 0) is 26.3 Å². The Morgan fingerprint density at radius 3 is 2.75 bits per heavy atom. The molecule has 1 aromatic heterocycles. The molecule has 0 aliphatic carbocycles. The highest BCUT2D eigenvalue weighted by Gasteiger charge is 2.03. The molecule has 0 atom stereocenters. The Morgan fingerprint density at radius 2 is 2.06 bits per heavy atom. The molecule has 0 aliphatic rings. The molecule has 0 aromatic carbocycles. The molecule has 0 aliphatic heterocycles. The van der Waals surface area contributed by atoms with Gasteiger partial charge < -0.3 is 15.2 Å². The summed E-state index contributed by atoms with van der Waals surface area (Å²) in [6.45, 7) is 5.72. The van der Waals surface area contributed by atoms with E-state index < -0.39 is 0 Å². The topological polar surface area (TPSA) is 70.3 Å². The van der Waals surface area contributed by atoms with Crippen molar-refractivity contribution >= 4 is 0 Å². The van der Waals surface area contributed by atoms with Crippen molar-refractivity contribution in [3.63, 3.8) is 0 Å². The van der Waals surface area contributed by atoms with Crippen molar-refractivity contribution in [2.75, 3.05) is 19.8 Å². The molecule has 5 heteroatoms. The summed E-state index contributed by atoms with van der Waals surface area (Å²) in [6, 6.07) is 2.16. The largest absolute Gasteiger partial charge is 0.478 e. The van der Waals surface area contributed by atoms with Crippen LogP contribution in [-0.2, 0) is 0 Å². The zero-order valence-electron chi connectivity index (χ0n) is 9.90. The number of aromatic nitrogens is 2. The second-order valence-electron chi connectivity index (χ2n) is 3.47. The normalized spacial score (nSPS) is 10.2. The molecular formula is C11H19N3O2. The number of aryl methyl sites for hydroxylation is 1. The van der Waals surface area contributed by atoms with E-state index in [1.165, 1.54) is 0 Å². The van der Waals surface area contributed by atoms with Crippen LogP contribution in [0.2, 0.25) is 0 Å². The Kier molecular flexibility index (Phi) is 5.56. The summed E-state index contributed by atoms with van der Waals surface area (Å²) in [5, 5.41) is 0. The molecule has 0 saturated heterocycles. The van der Waals surface area contributed by atoms with E-state index in [4.69, 9.17) is 15.2 Å². The van der Waals surface area contributed by atoms with E-state index in [2.05, 4.69) is 9.97 Å². The number of hydrogen-bond acceptors (Lipinski definition) is 5. The highest BCUT2D eigenvalue weighted by Crippen LogP contribution is 2.13. The lowest BCUT2D eigenvalue weighted by molar-refractivity contribution is 0.267. The molecule has 2 N–H and O–H groups in total. The molecule has 0 spiro atoms. The maximum atomic E-state index is 5.43. The standard InChI is InChI=1S/C11H19N3O2/c1-3-6-15-10-8-9(2)13-11(14-10)16-7-4-5-12/h8H,3-7,12H2,1-2H3. The summed E-state index contributed by atoms with van der Waals surface area (Å²) >= 11 is 0.